The van der Waals surface area contributed by atoms with Gasteiger partial charge in [-0.2, -0.15) is 0 Å². The summed E-state index contributed by atoms with van der Waals surface area (Å²) in [7, 11) is 1.20. The van der Waals surface area contributed by atoms with Gasteiger partial charge in [0.25, 0.3) is 0 Å². The molecule has 0 saturated heterocycles. The van der Waals surface area contributed by atoms with E-state index in [0.717, 1.165) is 0 Å². The summed E-state index contributed by atoms with van der Waals surface area (Å²) in [6.07, 6.45) is 2.60. The first-order chi connectivity index (χ1) is 6.74. The van der Waals surface area contributed by atoms with Crippen LogP contribution in [0, 0.1) is 0 Å². The zero-order valence-corrected chi connectivity index (χ0v) is 7.27. The van der Waals surface area contributed by atoms with Crippen molar-refractivity contribution in [2.75, 3.05) is 7.11 Å². The monoisotopic (exact) mass is 194 g/mol. The fraction of sp³-hybridized carbons (Fsp3) is 0.111. The van der Waals surface area contributed by atoms with Crippen LogP contribution in [0.2, 0.25) is 0 Å². The van der Waals surface area contributed by atoms with Crippen molar-refractivity contribution in [2.45, 2.75) is 0 Å². The van der Waals surface area contributed by atoms with Crippen molar-refractivity contribution in [3.8, 4) is 11.3 Å². The Balaban J connectivity index is 2.72. The fourth-order valence-corrected chi connectivity index (χ4v) is 1.20. The molecule has 0 unspecified atom stereocenters. The topological polar surface area (TPSA) is 69.7 Å². The second kappa shape index (κ2) is 3.02. The molecule has 5 heteroatoms. The van der Waals surface area contributed by atoms with Gasteiger partial charge in [-0.3, -0.25) is 0 Å². The largest absolute Gasteiger partial charge is 0.469 e. The maximum Gasteiger partial charge on any atom is 0.351 e. The zero-order valence-electron chi connectivity index (χ0n) is 7.27. The Bertz CT molecular complexity index is 492. The van der Waals surface area contributed by atoms with Gasteiger partial charge in [-0.25, -0.2) is 9.59 Å². The number of hydrogen-bond acceptors (Lipinski definition) is 5. The van der Waals surface area contributed by atoms with E-state index >= 15 is 0 Å². The molecule has 0 atom stereocenters. The first-order valence-electron chi connectivity index (χ1n) is 3.81. The third-order valence-electron chi connectivity index (χ3n) is 1.82. The Morgan fingerprint density at radius 1 is 1.50 bits per heavy atom. The van der Waals surface area contributed by atoms with Gasteiger partial charge in [0.15, 0.2) is 11.3 Å². The van der Waals surface area contributed by atoms with Crippen molar-refractivity contribution < 1.29 is 18.4 Å². The van der Waals surface area contributed by atoms with Crippen molar-refractivity contribution in [2.24, 2.45) is 0 Å². The Morgan fingerprint density at radius 2 is 2.29 bits per heavy atom. The van der Waals surface area contributed by atoms with Gasteiger partial charge in [0.1, 0.15) is 6.26 Å². The Kier molecular flexibility index (Phi) is 1.85. The molecule has 0 aliphatic carbocycles. The van der Waals surface area contributed by atoms with Crippen molar-refractivity contribution in [1.29, 1.82) is 0 Å². The Labute approximate surface area is 78.2 Å². The number of furan rings is 1. The van der Waals surface area contributed by atoms with E-state index in [1.807, 2.05) is 0 Å². The number of rotatable bonds is 1. The molecular weight excluding hydrogens is 188 g/mol. The lowest BCUT2D eigenvalue weighted by Gasteiger charge is -1.96. The van der Waals surface area contributed by atoms with Gasteiger partial charge in [0.05, 0.1) is 13.4 Å². The number of fused-ring (bicyclic) bond motifs is 1. The first-order valence-corrected chi connectivity index (χ1v) is 3.81. The lowest BCUT2D eigenvalue weighted by Crippen LogP contribution is -2.11. The van der Waals surface area contributed by atoms with Gasteiger partial charge >= 0.3 is 11.6 Å². The van der Waals surface area contributed by atoms with Crippen LogP contribution in [0.25, 0.3) is 11.3 Å². The van der Waals surface area contributed by atoms with Gasteiger partial charge < -0.3 is 13.6 Å². The van der Waals surface area contributed by atoms with Crippen LogP contribution < -0.4 is 5.63 Å². The molecule has 72 valence electrons. The van der Waals surface area contributed by atoms with Gasteiger partial charge in [-0.1, -0.05) is 0 Å². The van der Waals surface area contributed by atoms with Crippen molar-refractivity contribution in [1.82, 2.24) is 0 Å². The van der Waals surface area contributed by atoms with Crippen LogP contribution in [0.3, 0.4) is 0 Å². The summed E-state index contributed by atoms with van der Waals surface area (Å²) in [5.41, 5.74) is -0.417. The van der Waals surface area contributed by atoms with E-state index in [0.29, 0.717) is 5.56 Å². The highest BCUT2D eigenvalue weighted by atomic mass is 16.5. The summed E-state index contributed by atoms with van der Waals surface area (Å²) in [5.74, 6) is -0.474. The third kappa shape index (κ3) is 1.10. The minimum Gasteiger partial charge on any atom is -0.469 e. The predicted octanol–water partition coefficient (Wildman–Crippen LogP) is 1.12. The number of hydrogen-bond donors (Lipinski definition) is 0. The molecule has 0 bridgehead atoms. The highest BCUT2D eigenvalue weighted by Crippen LogP contribution is 2.24. The molecule has 0 fully saturated rings. The predicted molar refractivity (Wildman–Crippen MR) is 45.2 cm³/mol. The van der Waals surface area contributed by atoms with Gasteiger partial charge in [0.2, 0.25) is 0 Å². The van der Waals surface area contributed by atoms with E-state index < -0.39 is 11.6 Å². The molecule has 0 saturated carbocycles. The SMILES string of the molecule is COC(=O)c1c2ccocc-2oc1=O. The molecule has 0 aromatic rings. The summed E-state index contributed by atoms with van der Waals surface area (Å²) in [6.45, 7) is 0. The average Bonchev–Trinajstić information content (AvgIpc) is 2.53. The molecule has 2 heterocycles. The standard InChI is InChI=1S/C9H6O5/c1-12-8(10)7-5-2-3-13-4-6(5)14-9(7)11/h2-4H,1H3. The number of esters is 1. The van der Waals surface area contributed by atoms with Crippen LogP contribution >= 0.6 is 0 Å². The van der Waals surface area contributed by atoms with Crippen LogP contribution in [0.1, 0.15) is 10.4 Å². The van der Waals surface area contributed by atoms with Crippen LogP contribution in [-0.4, -0.2) is 13.1 Å². The summed E-state index contributed by atoms with van der Waals surface area (Å²) in [4.78, 5) is 22.4. The second-order valence-electron chi connectivity index (χ2n) is 2.59. The van der Waals surface area contributed by atoms with Crippen molar-refractivity contribution in [3.63, 3.8) is 0 Å². The molecular formula is C9H6O5. The van der Waals surface area contributed by atoms with E-state index in [1.165, 1.54) is 25.7 Å². The molecule has 14 heavy (non-hydrogen) atoms. The van der Waals surface area contributed by atoms with Crippen LogP contribution in [0.15, 0.2) is 32.2 Å². The normalized spacial score (nSPS) is 10.4. The minimum absolute atomic E-state index is 0.0988. The van der Waals surface area contributed by atoms with Crippen molar-refractivity contribution >= 4 is 5.97 Å². The average molecular weight is 194 g/mol. The van der Waals surface area contributed by atoms with E-state index in [9.17, 15) is 9.59 Å². The molecule has 0 radical (unpaired) electrons. The number of methoxy groups -OCH3 is 1. The van der Waals surface area contributed by atoms with Crippen molar-refractivity contribution in [3.05, 3.63) is 34.6 Å². The summed E-state index contributed by atoms with van der Waals surface area (Å²) >= 11 is 0. The third-order valence-corrected chi connectivity index (χ3v) is 1.82. The summed E-state index contributed by atoms with van der Waals surface area (Å²) < 4.78 is 14.0. The molecule has 0 spiro atoms. The molecule has 2 aliphatic rings. The van der Waals surface area contributed by atoms with E-state index in [2.05, 4.69) is 4.74 Å². The number of carbonyl (C=O) groups is 1. The van der Waals surface area contributed by atoms with E-state index in [1.54, 1.807) is 0 Å². The highest BCUT2D eigenvalue weighted by molar-refractivity contribution is 5.96. The molecule has 2 rings (SSSR count). The number of ether oxygens (including phenoxy) is 1. The van der Waals surface area contributed by atoms with E-state index in [-0.39, 0.29) is 11.3 Å². The summed E-state index contributed by atoms with van der Waals surface area (Å²) in [5, 5.41) is 0. The van der Waals surface area contributed by atoms with Gasteiger partial charge in [0, 0.05) is 5.56 Å². The molecule has 0 N–H and O–H groups in total. The smallest absolute Gasteiger partial charge is 0.351 e. The molecule has 0 aromatic heterocycles. The zero-order chi connectivity index (χ0) is 10.1. The Morgan fingerprint density at radius 3 is 3.00 bits per heavy atom. The lowest BCUT2D eigenvalue weighted by molar-refractivity contribution is 0.0599. The van der Waals surface area contributed by atoms with Crippen LogP contribution in [-0.2, 0) is 4.74 Å². The van der Waals surface area contributed by atoms with Crippen LogP contribution in [0.5, 0.6) is 0 Å². The first kappa shape index (κ1) is 8.55. The molecule has 5 nitrogen and oxygen atoms in total. The summed E-state index contributed by atoms with van der Waals surface area (Å²) in [6, 6.07) is 1.48. The Hall–Kier alpha value is -2.04. The highest BCUT2D eigenvalue weighted by Gasteiger charge is 2.24. The maximum absolute atomic E-state index is 11.2. The second-order valence-corrected chi connectivity index (χ2v) is 2.59. The quantitative estimate of drug-likeness (QED) is 0.636. The lowest BCUT2D eigenvalue weighted by atomic mass is 10.1. The minimum atomic E-state index is -0.715. The van der Waals surface area contributed by atoms with Gasteiger partial charge in [-0.15, -0.1) is 0 Å². The van der Waals surface area contributed by atoms with Gasteiger partial charge in [-0.05, 0) is 6.07 Å². The molecule has 2 aliphatic heterocycles. The van der Waals surface area contributed by atoms with Crippen LogP contribution in [0.4, 0.5) is 0 Å². The maximum atomic E-state index is 11.2. The molecule has 0 aromatic carbocycles. The fourth-order valence-electron chi connectivity index (χ4n) is 1.20. The number of carbonyl (C=O) groups excluding carboxylic acids is 1. The molecule has 0 amide bonds. The van der Waals surface area contributed by atoms with E-state index in [4.69, 9.17) is 8.83 Å².